The van der Waals surface area contributed by atoms with Crippen molar-refractivity contribution in [3.63, 3.8) is 0 Å². The standard InChI is InChI=1S/C12H15NO6/c1-2-6-18-7-8-19-11-9(12(14)15)4-3-5-10(11)13(16)17/h3-5H,2,6-8H2,1H3,(H,14,15). The van der Waals surface area contributed by atoms with Crippen molar-refractivity contribution in [3.05, 3.63) is 33.9 Å². The molecule has 0 aliphatic carbocycles. The maximum absolute atomic E-state index is 11.0. The van der Waals surface area contributed by atoms with Gasteiger partial charge in [0.15, 0.2) is 0 Å². The van der Waals surface area contributed by atoms with Gasteiger partial charge in [0.2, 0.25) is 5.75 Å². The molecule has 0 aromatic heterocycles. The van der Waals surface area contributed by atoms with Gasteiger partial charge < -0.3 is 14.6 Å². The smallest absolute Gasteiger partial charge is 0.339 e. The number of nitro benzene ring substituents is 1. The zero-order chi connectivity index (χ0) is 14.3. The summed E-state index contributed by atoms with van der Waals surface area (Å²) in [6, 6.07) is 3.77. The Morgan fingerprint density at radius 3 is 2.68 bits per heavy atom. The van der Waals surface area contributed by atoms with Crippen molar-refractivity contribution in [2.75, 3.05) is 19.8 Å². The summed E-state index contributed by atoms with van der Waals surface area (Å²) in [6.07, 6.45) is 0.853. The number of hydrogen-bond acceptors (Lipinski definition) is 5. The van der Waals surface area contributed by atoms with Gasteiger partial charge >= 0.3 is 11.7 Å². The predicted molar refractivity (Wildman–Crippen MR) is 66.7 cm³/mol. The highest BCUT2D eigenvalue weighted by Crippen LogP contribution is 2.30. The zero-order valence-electron chi connectivity index (χ0n) is 10.5. The van der Waals surface area contributed by atoms with Gasteiger partial charge in [-0.3, -0.25) is 10.1 Å². The molecular weight excluding hydrogens is 254 g/mol. The van der Waals surface area contributed by atoms with Crippen molar-refractivity contribution in [2.24, 2.45) is 0 Å². The van der Waals surface area contributed by atoms with Crippen molar-refractivity contribution in [1.29, 1.82) is 0 Å². The number of benzene rings is 1. The van der Waals surface area contributed by atoms with E-state index in [9.17, 15) is 14.9 Å². The topological polar surface area (TPSA) is 98.9 Å². The van der Waals surface area contributed by atoms with E-state index in [0.29, 0.717) is 6.61 Å². The van der Waals surface area contributed by atoms with Crippen LogP contribution in [-0.4, -0.2) is 35.8 Å². The summed E-state index contributed by atoms with van der Waals surface area (Å²) >= 11 is 0. The number of carboxylic acids is 1. The van der Waals surface area contributed by atoms with E-state index in [1.807, 2.05) is 6.92 Å². The first kappa shape index (κ1) is 14.9. The van der Waals surface area contributed by atoms with Crippen LogP contribution in [0.1, 0.15) is 23.7 Å². The summed E-state index contributed by atoms with van der Waals surface area (Å²) < 4.78 is 10.4. The molecule has 1 aromatic rings. The van der Waals surface area contributed by atoms with Crippen LogP contribution >= 0.6 is 0 Å². The lowest BCUT2D eigenvalue weighted by atomic mass is 10.2. The maximum Gasteiger partial charge on any atom is 0.339 e. The first-order valence-electron chi connectivity index (χ1n) is 5.79. The number of hydrogen-bond donors (Lipinski definition) is 1. The molecule has 0 aliphatic heterocycles. The molecule has 0 bridgehead atoms. The van der Waals surface area contributed by atoms with Gasteiger partial charge in [-0.15, -0.1) is 0 Å². The molecule has 0 atom stereocenters. The van der Waals surface area contributed by atoms with E-state index in [2.05, 4.69) is 0 Å². The van der Waals surface area contributed by atoms with Gasteiger partial charge in [-0.25, -0.2) is 4.79 Å². The summed E-state index contributed by atoms with van der Waals surface area (Å²) in [5.41, 5.74) is -0.597. The van der Waals surface area contributed by atoms with Crippen LogP contribution in [0.3, 0.4) is 0 Å². The summed E-state index contributed by atoms with van der Waals surface area (Å²) in [7, 11) is 0. The van der Waals surface area contributed by atoms with Crippen LogP contribution in [-0.2, 0) is 4.74 Å². The largest absolute Gasteiger partial charge is 0.484 e. The highest BCUT2D eigenvalue weighted by atomic mass is 16.6. The normalized spacial score (nSPS) is 10.2. The molecule has 0 amide bonds. The fourth-order valence-corrected chi connectivity index (χ4v) is 1.44. The van der Waals surface area contributed by atoms with Crippen LogP contribution < -0.4 is 4.74 Å². The van der Waals surface area contributed by atoms with Gasteiger partial charge in [0, 0.05) is 12.7 Å². The van der Waals surface area contributed by atoms with E-state index in [0.717, 1.165) is 6.42 Å². The Hall–Kier alpha value is -2.15. The monoisotopic (exact) mass is 269 g/mol. The summed E-state index contributed by atoms with van der Waals surface area (Å²) in [4.78, 5) is 21.2. The fraction of sp³-hybridized carbons (Fsp3) is 0.417. The van der Waals surface area contributed by atoms with Gasteiger partial charge in [0.1, 0.15) is 12.2 Å². The molecule has 0 radical (unpaired) electrons. The third kappa shape index (κ3) is 4.22. The van der Waals surface area contributed by atoms with Gasteiger partial charge in [-0.1, -0.05) is 13.0 Å². The molecule has 1 N–H and O–H groups in total. The molecule has 104 valence electrons. The van der Waals surface area contributed by atoms with Crippen LogP contribution in [0.5, 0.6) is 5.75 Å². The minimum Gasteiger partial charge on any atom is -0.484 e. The lowest BCUT2D eigenvalue weighted by Crippen LogP contribution is -2.11. The number of carboxylic acid groups (broad SMARTS) is 1. The molecule has 0 saturated carbocycles. The van der Waals surface area contributed by atoms with Crippen molar-refractivity contribution in [2.45, 2.75) is 13.3 Å². The van der Waals surface area contributed by atoms with Gasteiger partial charge in [-0.2, -0.15) is 0 Å². The second-order valence-electron chi connectivity index (χ2n) is 3.68. The van der Waals surface area contributed by atoms with E-state index in [1.165, 1.54) is 18.2 Å². The first-order valence-corrected chi connectivity index (χ1v) is 5.79. The number of para-hydroxylation sites is 1. The summed E-state index contributed by atoms with van der Waals surface area (Å²) in [6.45, 7) is 2.82. The second-order valence-corrected chi connectivity index (χ2v) is 3.68. The Bertz CT molecular complexity index is 427. The maximum atomic E-state index is 11.0. The van der Waals surface area contributed by atoms with Crippen LogP contribution in [0.15, 0.2) is 18.2 Å². The molecular formula is C12H15NO6. The second kappa shape index (κ2) is 7.32. The third-order valence-corrected chi connectivity index (χ3v) is 2.24. The van der Waals surface area contributed by atoms with Crippen LogP contribution in [0.4, 0.5) is 5.69 Å². The van der Waals surface area contributed by atoms with Crippen molar-refractivity contribution >= 4 is 11.7 Å². The number of nitro groups is 1. The van der Waals surface area contributed by atoms with Gasteiger partial charge in [0.25, 0.3) is 0 Å². The average Bonchev–Trinajstić information content (AvgIpc) is 2.38. The third-order valence-electron chi connectivity index (χ3n) is 2.24. The van der Waals surface area contributed by atoms with Crippen molar-refractivity contribution < 1.29 is 24.3 Å². The number of rotatable bonds is 8. The molecule has 0 saturated heterocycles. The average molecular weight is 269 g/mol. The van der Waals surface area contributed by atoms with Crippen LogP contribution in [0, 0.1) is 10.1 Å². The number of carbonyl (C=O) groups is 1. The quantitative estimate of drug-likeness (QED) is 0.440. The van der Waals surface area contributed by atoms with E-state index in [-0.39, 0.29) is 30.2 Å². The van der Waals surface area contributed by atoms with E-state index in [1.54, 1.807) is 0 Å². The Morgan fingerprint density at radius 1 is 1.37 bits per heavy atom. The molecule has 0 spiro atoms. The molecule has 1 aromatic carbocycles. The van der Waals surface area contributed by atoms with Gasteiger partial charge in [0.05, 0.1) is 11.5 Å². The number of ether oxygens (including phenoxy) is 2. The number of aromatic carboxylic acids is 1. The first-order chi connectivity index (χ1) is 9.07. The van der Waals surface area contributed by atoms with Crippen LogP contribution in [0.2, 0.25) is 0 Å². The molecule has 19 heavy (non-hydrogen) atoms. The Labute approximate surface area is 109 Å². The van der Waals surface area contributed by atoms with Crippen molar-refractivity contribution in [3.8, 4) is 5.75 Å². The lowest BCUT2D eigenvalue weighted by molar-refractivity contribution is -0.385. The minimum atomic E-state index is -1.27. The fourth-order valence-electron chi connectivity index (χ4n) is 1.44. The lowest BCUT2D eigenvalue weighted by Gasteiger charge is -2.09. The van der Waals surface area contributed by atoms with E-state index >= 15 is 0 Å². The SMILES string of the molecule is CCCOCCOc1c(C(=O)O)cccc1[N+](=O)[O-]. The van der Waals surface area contributed by atoms with Crippen LogP contribution in [0.25, 0.3) is 0 Å². The number of nitrogens with zero attached hydrogens (tertiary/aromatic N) is 1. The highest BCUT2D eigenvalue weighted by molar-refractivity contribution is 5.92. The summed E-state index contributed by atoms with van der Waals surface area (Å²) in [5, 5.41) is 19.8. The molecule has 7 nitrogen and oxygen atoms in total. The zero-order valence-corrected chi connectivity index (χ0v) is 10.5. The molecule has 0 unspecified atom stereocenters. The molecule has 0 heterocycles. The minimum absolute atomic E-state index is 0.0606. The molecule has 0 aliphatic rings. The van der Waals surface area contributed by atoms with E-state index in [4.69, 9.17) is 14.6 Å². The highest BCUT2D eigenvalue weighted by Gasteiger charge is 2.22. The Kier molecular flexibility index (Phi) is 5.74. The van der Waals surface area contributed by atoms with Gasteiger partial charge in [-0.05, 0) is 12.5 Å². The molecule has 1 rings (SSSR count). The molecule has 0 fully saturated rings. The van der Waals surface area contributed by atoms with E-state index < -0.39 is 10.9 Å². The van der Waals surface area contributed by atoms with Crippen molar-refractivity contribution in [1.82, 2.24) is 0 Å². The Morgan fingerprint density at radius 2 is 2.11 bits per heavy atom. The molecule has 7 heteroatoms. The summed E-state index contributed by atoms with van der Waals surface area (Å²) in [5.74, 6) is -1.51. The predicted octanol–water partition coefficient (Wildman–Crippen LogP) is 2.10. The Balaban J connectivity index is 2.83.